The number of benzene rings is 10. The summed E-state index contributed by atoms with van der Waals surface area (Å²) in [5, 5.41) is 9.61. The molecule has 0 spiro atoms. The van der Waals surface area contributed by atoms with E-state index in [1.807, 2.05) is 6.07 Å². The quantitative estimate of drug-likeness (QED) is 0.157. The molecule has 0 aliphatic rings. The molecule has 68 heavy (non-hydrogen) atoms. The van der Waals surface area contributed by atoms with Crippen molar-refractivity contribution in [3.63, 3.8) is 0 Å². The van der Waals surface area contributed by atoms with Gasteiger partial charge in [0.05, 0.1) is 33.1 Å². The van der Waals surface area contributed by atoms with E-state index < -0.39 is 0 Å². The maximum Gasteiger partial charge on any atom is 0.135 e. The van der Waals surface area contributed by atoms with Gasteiger partial charge in [-0.3, -0.25) is 0 Å². The average Bonchev–Trinajstić information content (AvgIpc) is 4.13. The SMILES string of the molecule is CCC(c1ccc2c(c1)c1c(ccc3c4cc(-n5c6ccccc6c6ccccc65)ccc4n(-c4ccc5oc6ccccc6c5c4)c31)n2-c1ccccc1)c1ccccc1-c1ccccc1C. The number of rotatable bonds is 7. The number of furan rings is 1. The molecule has 4 nitrogen and oxygen atoms in total. The third-order valence-corrected chi connectivity index (χ3v) is 14.7. The van der Waals surface area contributed by atoms with Crippen LogP contribution in [0.2, 0.25) is 0 Å². The Kier molecular flexibility index (Phi) is 8.50. The molecule has 0 N–H and O–H groups in total. The van der Waals surface area contributed by atoms with Crippen LogP contribution >= 0.6 is 0 Å². The number of para-hydroxylation sites is 4. The van der Waals surface area contributed by atoms with Gasteiger partial charge in [-0.05, 0) is 126 Å². The van der Waals surface area contributed by atoms with Gasteiger partial charge in [-0.25, -0.2) is 0 Å². The molecule has 0 saturated heterocycles. The molecule has 4 aromatic heterocycles. The van der Waals surface area contributed by atoms with E-state index >= 15 is 0 Å². The first kappa shape index (κ1) is 38.6. The van der Waals surface area contributed by atoms with Gasteiger partial charge in [0, 0.05) is 66.1 Å². The molecular formula is C64H45N3O. The molecule has 4 heterocycles. The summed E-state index contributed by atoms with van der Waals surface area (Å²) in [4.78, 5) is 0. The fourth-order valence-electron chi connectivity index (χ4n) is 11.7. The lowest BCUT2D eigenvalue weighted by Gasteiger charge is -2.21. The van der Waals surface area contributed by atoms with Gasteiger partial charge in [-0.1, -0.05) is 140 Å². The Morgan fingerprint density at radius 2 is 0.956 bits per heavy atom. The van der Waals surface area contributed by atoms with E-state index in [9.17, 15) is 0 Å². The number of nitrogens with zero attached hydrogens (tertiary/aromatic N) is 3. The Labute approximate surface area is 393 Å². The zero-order valence-electron chi connectivity index (χ0n) is 37.8. The lowest BCUT2D eigenvalue weighted by molar-refractivity contribution is 0.669. The van der Waals surface area contributed by atoms with E-state index in [-0.39, 0.29) is 5.92 Å². The molecule has 4 heteroatoms. The summed E-state index contributed by atoms with van der Waals surface area (Å²) in [6.45, 7) is 4.55. The fourth-order valence-corrected chi connectivity index (χ4v) is 11.7. The predicted molar refractivity (Wildman–Crippen MR) is 285 cm³/mol. The minimum absolute atomic E-state index is 0.181. The van der Waals surface area contributed by atoms with E-state index in [1.165, 1.54) is 87.7 Å². The van der Waals surface area contributed by atoms with E-state index in [2.05, 4.69) is 240 Å². The van der Waals surface area contributed by atoms with E-state index in [0.717, 1.165) is 50.9 Å². The van der Waals surface area contributed by atoms with Crippen molar-refractivity contribution in [2.24, 2.45) is 0 Å². The van der Waals surface area contributed by atoms with Crippen LogP contribution in [-0.4, -0.2) is 13.7 Å². The highest BCUT2D eigenvalue weighted by Gasteiger charge is 2.25. The minimum Gasteiger partial charge on any atom is -0.456 e. The molecule has 0 saturated carbocycles. The molecule has 10 aromatic carbocycles. The molecule has 1 atom stereocenters. The largest absolute Gasteiger partial charge is 0.456 e. The van der Waals surface area contributed by atoms with Crippen molar-refractivity contribution in [2.75, 3.05) is 0 Å². The molecular weight excluding hydrogens is 827 g/mol. The molecule has 0 aliphatic carbocycles. The molecule has 1 unspecified atom stereocenters. The molecule has 0 bridgehead atoms. The molecule has 0 aliphatic heterocycles. The van der Waals surface area contributed by atoms with Crippen molar-refractivity contribution in [1.29, 1.82) is 0 Å². The second-order valence-corrected chi connectivity index (χ2v) is 18.4. The molecule has 14 rings (SSSR count). The Morgan fingerprint density at radius 3 is 1.75 bits per heavy atom. The molecule has 14 aromatic rings. The zero-order valence-corrected chi connectivity index (χ0v) is 37.8. The smallest absolute Gasteiger partial charge is 0.135 e. The number of hydrogen-bond acceptors (Lipinski definition) is 1. The van der Waals surface area contributed by atoms with Gasteiger partial charge in [-0.2, -0.15) is 0 Å². The third-order valence-electron chi connectivity index (χ3n) is 14.7. The van der Waals surface area contributed by atoms with Crippen LogP contribution in [0.1, 0.15) is 36.0 Å². The van der Waals surface area contributed by atoms with Gasteiger partial charge in [0.2, 0.25) is 0 Å². The maximum absolute atomic E-state index is 6.42. The van der Waals surface area contributed by atoms with Crippen LogP contribution in [0.3, 0.4) is 0 Å². The first-order valence-corrected chi connectivity index (χ1v) is 23.8. The van der Waals surface area contributed by atoms with Crippen LogP contribution in [0.4, 0.5) is 0 Å². The Hall–Kier alpha value is -8.60. The monoisotopic (exact) mass is 871 g/mol. The van der Waals surface area contributed by atoms with E-state index in [1.54, 1.807) is 0 Å². The lowest BCUT2D eigenvalue weighted by atomic mass is 9.83. The zero-order chi connectivity index (χ0) is 45.0. The standard InChI is InChI=1S/C64H45N3O/c1-3-45(47-21-9-10-22-48(47)46-20-8-7-17-40(46)2)41-29-33-59-55(37-41)63-60(65(59)42-18-5-4-6-19-42)35-32-52-53-38-43(66-56-26-14-11-23-49(56)50-24-12-15-27-57(50)66)30-34-58(53)67(64(52)63)44-31-36-62-54(39-44)51-25-13-16-28-61(51)68-62/h4-39,45H,3H2,1-2H3. The Balaban J connectivity index is 1.10. The van der Waals surface area contributed by atoms with Gasteiger partial charge in [0.15, 0.2) is 0 Å². The van der Waals surface area contributed by atoms with Crippen molar-refractivity contribution in [2.45, 2.75) is 26.2 Å². The summed E-state index contributed by atoms with van der Waals surface area (Å²) in [6.07, 6.45) is 0.964. The lowest BCUT2D eigenvalue weighted by Crippen LogP contribution is -2.03. The molecule has 0 amide bonds. The highest BCUT2D eigenvalue weighted by molar-refractivity contribution is 6.26. The van der Waals surface area contributed by atoms with Gasteiger partial charge >= 0.3 is 0 Å². The Morgan fingerprint density at radius 1 is 0.382 bits per heavy atom. The number of fused-ring (bicyclic) bond motifs is 13. The van der Waals surface area contributed by atoms with Crippen molar-refractivity contribution in [3.05, 3.63) is 235 Å². The second kappa shape index (κ2) is 15.0. The highest BCUT2D eigenvalue weighted by atomic mass is 16.3. The van der Waals surface area contributed by atoms with Gasteiger partial charge < -0.3 is 18.1 Å². The summed E-state index contributed by atoms with van der Waals surface area (Å²) >= 11 is 0. The number of aromatic nitrogens is 3. The van der Waals surface area contributed by atoms with Crippen molar-refractivity contribution >= 4 is 87.4 Å². The van der Waals surface area contributed by atoms with Crippen LogP contribution in [0, 0.1) is 6.92 Å². The number of aryl methyl sites for hydroxylation is 1. The second-order valence-electron chi connectivity index (χ2n) is 18.4. The fraction of sp³-hybridized carbons (Fsp3) is 0.0625. The molecule has 0 fully saturated rings. The molecule has 322 valence electrons. The van der Waals surface area contributed by atoms with Crippen molar-refractivity contribution in [1.82, 2.24) is 13.7 Å². The Bertz CT molecular complexity index is 4280. The van der Waals surface area contributed by atoms with E-state index in [4.69, 9.17) is 4.42 Å². The van der Waals surface area contributed by atoms with Crippen LogP contribution in [0.15, 0.2) is 223 Å². The highest BCUT2D eigenvalue weighted by Crippen LogP contribution is 2.46. The van der Waals surface area contributed by atoms with E-state index in [0.29, 0.717) is 0 Å². The summed E-state index contributed by atoms with van der Waals surface area (Å²) in [5.41, 5.74) is 18.8. The van der Waals surface area contributed by atoms with Crippen molar-refractivity contribution in [3.8, 4) is 28.2 Å². The van der Waals surface area contributed by atoms with Gasteiger partial charge in [0.25, 0.3) is 0 Å². The van der Waals surface area contributed by atoms with Crippen LogP contribution in [0.5, 0.6) is 0 Å². The average molecular weight is 872 g/mol. The summed E-state index contributed by atoms with van der Waals surface area (Å²) < 4.78 is 13.8. The maximum atomic E-state index is 6.42. The normalized spacial score (nSPS) is 12.6. The predicted octanol–water partition coefficient (Wildman–Crippen LogP) is 17.4. The minimum atomic E-state index is 0.181. The third kappa shape index (κ3) is 5.61. The van der Waals surface area contributed by atoms with Crippen molar-refractivity contribution < 1.29 is 4.42 Å². The number of hydrogen-bond donors (Lipinski definition) is 0. The summed E-state index contributed by atoms with van der Waals surface area (Å²) in [7, 11) is 0. The van der Waals surface area contributed by atoms with Crippen LogP contribution < -0.4 is 0 Å². The first-order chi connectivity index (χ1) is 33.6. The van der Waals surface area contributed by atoms with Gasteiger partial charge in [-0.15, -0.1) is 0 Å². The molecule has 0 radical (unpaired) electrons. The van der Waals surface area contributed by atoms with Crippen LogP contribution in [-0.2, 0) is 0 Å². The summed E-state index contributed by atoms with van der Waals surface area (Å²) in [6, 6.07) is 80.4. The summed E-state index contributed by atoms with van der Waals surface area (Å²) in [5.74, 6) is 0.181. The topological polar surface area (TPSA) is 27.9 Å². The van der Waals surface area contributed by atoms with Crippen LogP contribution in [0.25, 0.3) is 116 Å². The first-order valence-electron chi connectivity index (χ1n) is 23.8. The van der Waals surface area contributed by atoms with Gasteiger partial charge in [0.1, 0.15) is 11.2 Å².